The molecule has 0 atom stereocenters. The van der Waals surface area contributed by atoms with Gasteiger partial charge in [-0.3, -0.25) is 14.5 Å². The number of fused-ring (bicyclic) bond motifs is 1. The van der Waals surface area contributed by atoms with Crippen LogP contribution in [0.25, 0.3) is 0 Å². The molecule has 1 heterocycles. The van der Waals surface area contributed by atoms with Gasteiger partial charge < -0.3 is 10.4 Å². The number of aliphatic hydroxyl groups is 1. The zero-order valence-corrected chi connectivity index (χ0v) is 14.1. The number of halogens is 2. The summed E-state index contributed by atoms with van der Waals surface area (Å²) >= 11 is 12.3. The van der Waals surface area contributed by atoms with E-state index in [1.807, 2.05) is 0 Å². The first-order valence-corrected chi connectivity index (χ1v) is 8.06. The van der Waals surface area contributed by atoms with Gasteiger partial charge in [-0.15, -0.1) is 0 Å². The van der Waals surface area contributed by atoms with E-state index in [1.165, 1.54) is 0 Å². The molecule has 24 heavy (non-hydrogen) atoms. The number of carbonyl (C=O) groups excluding carboxylic acids is 2. The Balaban J connectivity index is 1.81. The van der Waals surface area contributed by atoms with E-state index in [-0.39, 0.29) is 19.1 Å². The lowest BCUT2D eigenvalue weighted by Crippen LogP contribution is -2.32. The Kier molecular flexibility index (Phi) is 4.76. The second kappa shape index (κ2) is 6.81. The lowest BCUT2D eigenvalue weighted by Gasteiger charge is -2.11. The van der Waals surface area contributed by atoms with E-state index in [9.17, 15) is 9.59 Å². The van der Waals surface area contributed by atoms with Crippen LogP contribution in [0.1, 0.15) is 26.3 Å². The summed E-state index contributed by atoms with van der Waals surface area (Å²) in [5, 5.41) is 13.2. The number of rotatable bonds is 5. The predicted molar refractivity (Wildman–Crippen MR) is 92.7 cm³/mol. The van der Waals surface area contributed by atoms with Crippen LogP contribution in [0.4, 0.5) is 5.69 Å². The fourth-order valence-corrected chi connectivity index (χ4v) is 3.13. The monoisotopic (exact) mass is 364 g/mol. The number of hydrogen-bond donors (Lipinski definition) is 2. The molecule has 0 bridgehead atoms. The van der Waals surface area contributed by atoms with E-state index < -0.39 is 5.91 Å². The molecule has 5 nitrogen and oxygen atoms in total. The molecule has 0 radical (unpaired) electrons. The van der Waals surface area contributed by atoms with Gasteiger partial charge in [0.15, 0.2) is 0 Å². The Morgan fingerprint density at radius 1 is 1.00 bits per heavy atom. The van der Waals surface area contributed by atoms with Gasteiger partial charge in [-0.05, 0) is 30.3 Å². The lowest BCUT2D eigenvalue weighted by molar-refractivity contribution is 0.0624. The fraction of sp³-hybridized carbons (Fsp3) is 0.176. The molecular weight excluding hydrogens is 351 g/mol. The highest BCUT2D eigenvalue weighted by Gasteiger charge is 2.35. The number of amides is 2. The lowest BCUT2D eigenvalue weighted by atomic mass is 10.1. The quantitative estimate of drug-likeness (QED) is 0.799. The number of benzene rings is 2. The normalized spacial score (nSPS) is 13.4. The third kappa shape index (κ3) is 2.98. The minimum atomic E-state index is -0.400. The van der Waals surface area contributed by atoms with Crippen LogP contribution < -0.4 is 5.32 Å². The Hall–Kier alpha value is -2.08. The van der Waals surface area contributed by atoms with Crippen molar-refractivity contribution in [2.75, 3.05) is 18.5 Å². The molecule has 0 aromatic heterocycles. The van der Waals surface area contributed by atoms with Gasteiger partial charge in [0.1, 0.15) is 0 Å². The number of nitrogens with one attached hydrogen (secondary N) is 1. The summed E-state index contributed by atoms with van der Waals surface area (Å²) in [7, 11) is 0. The standard InChI is InChI=1S/C17H14Cl2N2O3/c18-14-2-1-3-15(19)13(14)9-20-10-4-5-11-12(8-10)17(24)21(6-7-22)16(11)23/h1-5,8,20,22H,6-7,9H2. The van der Waals surface area contributed by atoms with Crippen molar-refractivity contribution < 1.29 is 14.7 Å². The molecule has 3 rings (SSSR count). The second-order valence-electron chi connectivity index (χ2n) is 5.30. The summed E-state index contributed by atoms with van der Waals surface area (Å²) in [5.41, 5.74) is 2.10. The zero-order chi connectivity index (χ0) is 17.3. The number of carbonyl (C=O) groups is 2. The molecule has 0 spiro atoms. The first-order valence-electron chi connectivity index (χ1n) is 7.31. The summed E-state index contributed by atoms with van der Waals surface area (Å²) in [6, 6.07) is 10.2. The van der Waals surface area contributed by atoms with Gasteiger partial charge in [-0.1, -0.05) is 29.3 Å². The van der Waals surface area contributed by atoms with Gasteiger partial charge in [-0.25, -0.2) is 0 Å². The van der Waals surface area contributed by atoms with Crippen LogP contribution >= 0.6 is 23.2 Å². The van der Waals surface area contributed by atoms with Crippen molar-refractivity contribution in [1.82, 2.24) is 4.90 Å². The van der Waals surface area contributed by atoms with Gasteiger partial charge in [0.05, 0.1) is 24.3 Å². The van der Waals surface area contributed by atoms with Gasteiger partial charge >= 0.3 is 0 Å². The number of nitrogens with zero attached hydrogens (tertiary/aromatic N) is 1. The highest BCUT2D eigenvalue weighted by atomic mass is 35.5. The third-order valence-electron chi connectivity index (χ3n) is 3.83. The zero-order valence-electron chi connectivity index (χ0n) is 12.6. The van der Waals surface area contributed by atoms with Crippen molar-refractivity contribution in [3.8, 4) is 0 Å². The molecule has 2 amide bonds. The molecule has 1 aliphatic heterocycles. The number of aliphatic hydroxyl groups excluding tert-OH is 1. The summed E-state index contributed by atoms with van der Waals surface area (Å²) in [6.45, 7) is 0.117. The van der Waals surface area contributed by atoms with Crippen LogP contribution in [0, 0.1) is 0 Å². The van der Waals surface area contributed by atoms with E-state index in [0.717, 1.165) is 10.5 Å². The van der Waals surface area contributed by atoms with Crippen molar-refractivity contribution in [2.24, 2.45) is 0 Å². The molecule has 124 valence electrons. The van der Waals surface area contributed by atoms with E-state index >= 15 is 0 Å². The van der Waals surface area contributed by atoms with Crippen molar-refractivity contribution in [3.63, 3.8) is 0 Å². The van der Waals surface area contributed by atoms with E-state index in [0.29, 0.717) is 33.4 Å². The largest absolute Gasteiger partial charge is 0.395 e. The van der Waals surface area contributed by atoms with Gasteiger partial charge in [0, 0.05) is 27.8 Å². The number of β-amino-alcohol motifs (C(OH)–C–C–N with tert-alkyl or cyclic N) is 1. The Labute approximate surface area is 148 Å². The highest BCUT2D eigenvalue weighted by molar-refractivity contribution is 6.36. The topological polar surface area (TPSA) is 69.6 Å². The Morgan fingerprint density at radius 2 is 1.67 bits per heavy atom. The van der Waals surface area contributed by atoms with Gasteiger partial charge in [0.25, 0.3) is 11.8 Å². The number of anilines is 1. The third-order valence-corrected chi connectivity index (χ3v) is 4.53. The number of hydrogen-bond acceptors (Lipinski definition) is 4. The van der Waals surface area contributed by atoms with Crippen LogP contribution in [-0.4, -0.2) is 35.0 Å². The maximum absolute atomic E-state index is 12.3. The molecule has 0 aliphatic carbocycles. The smallest absolute Gasteiger partial charge is 0.261 e. The predicted octanol–water partition coefficient (Wildman–Crippen LogP) is 3.19. The van der Waals surface area contributed by atoms with E-state index in [4.69, 9.17) is 28.3 Å². The van der Waals surface area contributed by atoms with Crippen LogP contribution in [0.15, 0.2) is 36.4 Å². The van der Waals surface area contributed by atoms with E-state index in [2.05, 4.69) is 5.32 Å². The maximum atomic E-state index is 12.3. The molecule has 7 heteroatoms. The molecule has 2 aromatic rings. The molecule has 2 aromatic carbocycles. The molecule has 2 N–H and O–H groups in total. The average Bonchev–Trinajstić information content (AvgIpc) is 2.79. The number of imide groups is 1. The molecular formula is C17H14Cl2N2O3. The molecule has 0 fully saturated rings. The average molecular weight is 365 g/mol. The van der Waals surface area contributed by atoms with Crippen LogP contribution in [0.2, 0.25) is 10.0 Å². The molecule has 0 unspecified atom stereocenters. The Morgan fingerprint density at radius 3 is 2.33 bits per heavy atom. The van der Waals surface area contributed by atoms with Gasteiger partial charge in [0.2, 0.25) is 0 Å². The maximum Gasteiger partial charge on any atom is 0.261 e. The first kappa shape index (κ1) is 16.8. The van der Waals surface area contributed by atoms with Crippen molar-refractivity contribution in [1.29, 1.82) is 0 Å². The summed E-state index contributed by atoms with van der Waals surface area (Å²) in [5.74, 6) is -0.784. The minimum Gasteiger partial charge on any atom is -0.395 e. The minimum absolute atomic E-state index is 0.00958. The van der Waals surface area contributed by atoms with Crippen molar-refractivity contribution >= 4 is 40.7 Å². The Bertz CT molecular complexity index is 803. The summed E-state index contributed by atoms with van der Waals surface area (Å²) in [6.07, 6.45) is 0. The molecule has 0 saturated carbocycles. The highest BCUT2D eigenvalue weighted by Crippen LogP contribution is 2.28. The van der Waals surface area contributed by atoms with E-state index in [1.54, 1.807) is 36.4 Å². The fourth-order valence-electron chi connectivity index (χ4n) is 2.60. The molecule has 1 aliphatic rings. The van der Waals surface area contributed by atoms with Crippen molar-refractivity contribution in [2.45, 2.75) is 6.54 Å². The van der Waals surface area contributed by atoms with Crippen LogP contribution in [0.3, 0.4) is 0 Å². The first-order chi connectivity index (χ1) is 11.5. The SMILES string of the molecule is O=C1c2ccc(NCc3c(Cl)cccc3Cl)cc2C(=O)N1CCO. The summed E-state index contributed by atoms with van der Waals surface area (Å²) < 4.78 is 0. The molecule has 0 saturated heterocycles. The van der Waals surface area contributed by atoms with Crippen LogP contribution in [-0.2, 0) is 6.54 Å². The second-order valence-corrected chi connectivity index (χ2v) is 6.11. The summed E-state index contributed by atoms with van der Waals surface area (Å²) in [4.78, 5) is 25.4. The van der Waals surface area contributed by atoms with Gasteiger partial charge in [-0.2, -0.15) is 0 Å². The van der Waals surface area contributed by atoms with Crippen molar-refractivity contribution in [3.05, 3.63) is 63.1 Å². The van der Waals surface area contributed by atoms with Crippen LogP contribution in [0.5, 0.6) is 0 Å².